The normalized spacial score (nSPS) is 10.5. The number of ether oxygens (including phenoxy) is 5. The van der Waals surface area contributed by atoms with Crippen LogP contribution in [-0.2, 0) is 19.1 Å². The first kappa shape index (κ1) is 40.5. The summed E-state index contributed by atoms with van der Waals surface area (Å²) in [4.78, 5) is 48.8. The molecular weight excluding hydrogens is 664 g/mol. The summed E-state index contributed by atoms with van der Waals surface area (Å²) in [5.74, 6) is -1.59. The second kappa shape index (κ2) is 21.3. The molecular formula is C42H46O10. The minimum atomic E-state index is -0.723. The van der Waals surface area contributed by atoms with Crippen LogP contribution >= 0.6 is 0 Å². The first-order valence-electron chi connectivity index (χ1n) is 17.3. The number of esters is 4. The Labute approximate surface area is 304 Å². The summed E-state index contributed by atoms with van der Waals surface area (Å²) in [5.41, 5.74) is 1.41. The van der Waals surface area contributed by atoms with E-state index in [1.165, 1.54) is 48.6 Å². The van der Waals surface area contributed by atoms with Crippen LogP contribution in [0.15, 0.2) is 97.1 Å². The van der Waals surface area contributed by atoms with E-state index in [9.17, 15) is 24.3 Å². The fourth-order valence-corrected chi connectivity index (χ4v) is 4.57. The Balaban J connectivity index is 0.00000358. The fourth-order valence-electron chi connectivity index (χ4n) is 4.57. The zero-order valence-corrected chi connectivity index (χ0v) is 30.1. The van der Waals surface area contributed by atoms with Gasteiger partial charge in [-0.25, -0.2) is 19.2 Å². The summed E-state index contributed by atoms with van der Waals surface area (Å²) < 4.78 is 26.9. The van der Waals surface area contributed by atoms with E-state index < -0.39 is 23.9 Å². The zero-order valence-electron chi connectivity index (χ0n) is 30.1. The van der Waals surface area contributed by atoms with E-state index in [1.807, 2.05) is 32.0 Å². The maximum Gasteiger partial charge on any atom is 0.343 e. The third kappa shape index (κ3) is 13.1. The Morgan fingerprint density at radius 3 is 2.02 bits per heavy atom. The molecule has 52 heavy (non-hydrogen) atoms. The topological polar surface area (TPSA) is 135 Å². The maximum atomic E-state index is 12.9. The summed E-state index contributed by atoms with van der Waals surface area (Å²) in [5, 5.41) is 12.1. The zero-order chi connectivity index (χ0) is 37.9. The van der Waals surface area contributed by atoms with Crippen LogP contribution in [0.4, 0.5) is 0 Å². The molecule has 0 saturated carbocycles. The van der Waals surface area contributed by atoms with Crippen molar-refractivity contribution in [2.45, 2.75) is 59.8 Å². The van der Waals surface area contributed by atoms with E-state index >= 15 is 0 Å². The molecule has 0 spiro atoms. The van der Waals surface area contributed by atoms with Crippen LogP contribution < -0.4 is 14.2 Å². The van der Waals surface area contributed by atoms with Crippen molar-refractivity contribution >= 4 is 40.7 Å². The van der Waals surface area contributed by atoms with Crippen LogP contribution in [0.1, 0.15) is 86.1 Å². The summed E-state index contributed by atoms with van der Waals surface area (Å²) in [6.45, 7) is 12.3. The van der Waals surface area contributed by atoms with E-state index in [1.54, 1.807) is 31.2 Å². The van der Waals surface area contributed by atoms with Crippen LogP contribution in [0.3, 0.4) is 0 Å². The van der Waals surface area contributed by atoms with E-state index in [0.29, 0.717) is 55.1 Å². The number of benzene rings is 4. The molecule has 0 aliphatic carbocycles. The molecule has 0 heterocycles. The fraction of sp³-hybridized carbons (Fsp3) is 0.286. The highest BCUT2D eigenvalue weighted by Gasteiger charge is 2.14. The second-order valence-corrected chi connectivity index (χ2v) is 11.4. The van der Waals surface area contributed by atoms with Gasteiger partial charge in [-0.05, 0) is 109 Å². The van der Waals surface area contributed by atoms with Gasteiger partial charge in [0.1, 0.15) is 11.5 Å². The van der Waals surface area contributed by atoms with Crippen molar-refractivity contribution in [1.29, 1.82) is 0 Å². The number of hydrogen-bond acceptors (Lipinski definition) is 10. The van der Waals surface area contributed by atoms with Gasteiger partial charge in [-0.3, -0.25) is 0 Å². The molecule has 274 valence electrons. The number of phenols is 1. The summed E-state index contributed by atoms with van der Waals surface area (Å²) in [6.07, 6.45) is 6.97. The van der Waals surface area contributed by atoms with E-state index in [0.717, 1.165) is 30.0 Å². The highest BCUT2D eigenvalue weighted by atomic mass is 16.5. The van der Waals surface area contributed by atoms with Crippen molar-refractivity contribution in [3.05, 3.63) is 114 Å². The van der Waals surface area contributed by atoms with E-state index in [2.05, 4.69) is 13.5 Å². The number of rotatable bonds is 17. The number of aromatic hydroxyl groups is 1. The first-order chi connectivity index (χ1) is 25.1. The molecule has 0 bridgehead atoms. The lowest BCUT2D eigenvalue weighted by atomic mass is 10.1. The minimum Gasteiger partial charge on any atom is -0.504 e. The number of unbranched alkanes of at least 4 members (excludes halogenated alkanes) is 3. The average molecular weight is 711 g/mol. The van der Waals surface area contributed by atoms with Crippen molar-refractivity contribution in [3.8, 4) is 23.0 Å². The first-order valence-corrected chi connectivity index (χ1v) is 17.3. The van der Waals surface area contributed by atoms with Gasteiger partial charge in [-0.1, -0.05) is 58.4 Å². The SMILES string of the molecule is C=C(C)C(=O)OCCCCOc1ccc2cc(C(=O)Oc3ccc(C(=O)Oc4ccc(/C=C/C(=O)OCCCCC)cc4O)cc3)ccc2c1.CC. The number of hydrogen-bond donors (Lipinski definition) is 1. The standard InChI is InChI=1S/C40H40O10.C2H6/c1-4-5-6-22-47-37(42)20-10-28-9-19-36(35(41)24-28)50-39(44)29-13-16-33(17-14-29)49-40(45)32-12-11-31-26-34(18-15-30(31)25-32)46-21-7-8-23-48-38(43)27(2)3;1-2/h9-20,24-26,41H,2,4-8,21-23H2,1,3H3;1-2H3/b20-10+;. The quantitative estimate of drug-likeness (QED) is 0.0489. The van der Waals surface area contributed by atoms with Gasteiger partial charge in [0.2, 0.25) is 0 Å². The molecule has 0 aliphatic rings. The molecule has 1 N–H and O–H groups in total. The van der Waals surface area contributed by atoms with Crippen LogP contribution in [0, 0.1) is 0 Å². The van der Waals surface area contributed by atoms with Crippen LogP contribution in [-0.4, -0.2) is 48.8 Å². The van der Waals surface area contributed by atoms with Gasteiger partial charge in [0.25, 0.3) is 0 Å². The highest BCUT2D eigenvalue weighted by Crippen LogP contribution is 2.29. The van der Waals surface area contributed by atoms with Crippen LogP contribution in [0.5, 0.6) is 23.0 Å². The van der Waals surface area contributed by atoms with E-state index in [4.69, 9.17) is 23.7 Å². The molecule has 0 aromatic heterocycles. The van der Waals surface area contributed by atoms with Gasteiger partial charge in [-0.15, -0.1) is 0 Å². The molecule has 4 rings (SSSR count). The van der Waals surface area contributed by atoms with Gasteiger partial charge < -0.3 is 28.8 Å². The summed E-state index contributed by atoms with van der Waals surface area (Å²) >= 11 is 0. The Morgan fingerprint density at radius 1 is 0.692 bits per heavy atom. The summed E-state index contributed by atoms with van der Waals surface area (Å²) in [6, 6.07) is 20.9. The van der Waals surface area contributed by atoms with Gasteiger partial charge >= 0.3 is 23.9 Å². The molecule has 0 aliphatic heterocycles. The van der Waals surface area contributed by atoms with Gasteiger partial charge in [-0.2, -0.15) is 0 Å². The maximum absolute atomic E-state index is 12.9. The lowest BCUT2D eigenvalue weighted by Gasteiger charge is -2.10. The van der Waals surface area contributed by atoms with Crippen LogP contribution in [0.25, 0.3) is 16.8 Å². The highest BCUT2D eigenvalue weighted by molar-refractivity contribution is 5.97. The minimum absolute atomic E-state index is 0.0569. The molecule has 0 saturated heterocycles. The number of fused-ring (bicyclic) bond motifs is 1. The molecule has 0 amide bonds. The van der Waals surface area contributed by atoms with Crippen molar-refractivity contribution in [2.24, 2.45) is 0 Å². The monoisotopic (exact) mass is 710 g/mol. The molecule has 4 aromatic rings. The Bertz CT molecular complexity index is 1860. The third-order valence-electron chi connectivity index (χ3n) is 7.33. The second-order valence-electron chi connectivity index (χ2n) is 11.4. The molecule has 0 radical (unpaired) electrons. The van der Waals surface area contributed by atoms with Gasteiger partial charge in [0, 0.05) is 11.6 Å². The smallest absolute Gasteiger partial charge is 0.343 e. The lowest BCUT2D eigenvalue weighted by Crippen LogP contribution is -2.10. The number of carbonyl (C=O) groups is 4. The lowest BCUT2D eigenvalue weighted by molar-refractivity contribution is -0.139. The van der Waals surface area contributed by atoms with Crippen molar-refractivity contribution in [3.63, 3.8) is 0 Å². The third-order valence-corrected chi connectivity index (χ3v) is 7.33. The van der Waals surface area contributed by atoms with Crippen LogP contribution in [0.2, 0.25) is 0 Å². The molecule has 10 nitrogen and oxygen atoms in total. The molecule has 4 aromatic carbocycles. The predicted octanol–water partition coefficient (Wildman–Crippen LogP) is 9.03. The summed E-state index contributed by atoms with van der Waals surface area (Å²) in [7, 11) is 0. The van der Waals surface area contributed by atoms with Gasteiger partial charge in [0.15, 0.2) is 11.5 Å². The van der Waals surface area contributed by atoms with Crippen molar-refractivity contribution in [2.75, 3.05) is 19.8 Å². The Kier molecular flexibility index (Phi) is 16.6. The largest absolute Gasteiger partial charge is 0.504 e. The van der Waals surface area contributed by atoms with Crippen molar-refractivity contribution < 1.29 is 48.0 Å². The van der Waals surface area contributed by atoms with Gasteiger partial charge in [0.05, 0.1) is 30.9 Å². The van der Waals surface area contributed by atoms with E-state index in [-0.39, 0.29) is 22.8 Å². The van der Waals surface area contributed by atoms with Crippen molar-refractivity contribution in [1.82, 2.24) is 0 Å². The molecule has 0 unspecified atom stereocenters. The Hall–Kier alpha value is -5.90. The number of phenolic OH excluding ortho intramolecular Hbond substituents is 1. The average Bonchev–Trinajstić information content (AvgIpc) is 3.15. The predicted molar refractivity (Wildman–Crippen MR) is 200 cm³/mol. The number of carbonyl (C=O) groups excluding carboxylic acids is 4. The molecule has 10 heteroatoms. The molecule has 0 atom stereocenters. The Morgan fingerprint density at radius 2 is 1.31 bits per heavy atom. The molecule has 0 fully saturated rings.